The molecule has 158 valence electrons. The van der Waals surface area contributed by atoms with Gasteiger partial charge in [0.05, 0.1) is 11.0 Å². The average molecular weight is 473 g/mol. The van der Waals surface area contributed by atoms with Crippen LogP contribution < -0.4 is 0 Å². The summed E-state index contributed by atoms with van der Waals surface area (Å²) in [5, 5.41) is 0. The molecule has 0 saturated heterocycles. The minimum absolute atomic E-state index is 0.0426. The Morgan fingerprint density at radius 1 is 1.14 bits per heavy atom. The molecule has 0 aliphatic heterocycles. The molecule has 0 N–H and O–H groups in total. The van der Waals surface area contributed by atoms with Gasteiger partial charge in [-0.15, -0.1) is 6.58 Å². The molecule has 5 nitrogen and oxygen atoms in total. The lowest BCUT2D eigenvalue weighted by atomic mass is 9.93. The van der Waals surface area contributed by atoms with Crippen LogP contribution >= 0.6 is 15.9 Å². The van der Waals surface area contributed by atoms with Crippen LogP contribution in [0.1, 0.15) is 38.5 Å². The van der Waals surface area contributed by atoms with Gasteiger partial charge in [-0.1, -0.05) is 22.0 Å². The Morgan fingerprint density at radius 2 is 1.79 bits per heavy atom. The number of hydrogen-bond donors (Lipinski definition) is 0. The zero-order valence-electron chi connectivity index (χ0n) is 17.0. The van der Waals surface area contributed by atoms with E-state index in [4.69, 9.17) is 4.74 Å². The van der Waals surface area contributed by atoms with E-state index in [1.54, 1.807) is 35.6 Å². The Morgan fingerprint density at radius 3 is 2.39 bits per heavy atom. The zero-order valence-corrected chi connectivity index (χ0v) is 19.4. The van der Waals surface area contributed by atoms with Gasteiger partial charge in [-0.25, -0.2) is 8.42 Å². The Hall–Kier alpha value is -0.730. The Balaban J connectivity index is 1.72. The van der Waals surface area contributed by atoms with E-state index < -0.39 is 10.0 Å². The molecule has 0 aromatic heterocycles. The molecule has 0 bridgehead atoms. The number of ether oxygens (including phenoxy) is 1. The molecular weight excluding hydrogens is 440 g/mol. The summed E-state index contributed by atoms with van der Waals surface area (Å²) in [6.07, 6.45) is 7.88. The quantitative estimate of drug-likeness (QED) is 0.355. The normalized spacial score (nSPS) is 20.6. The molecule has 7 heteroatoms. The van der Waals surface area contributed by atoms with E-state index in [1.807, 2.05) is 6.08 Å². The smallest absolute Gasteiger partial charge is 0.243 e. The largest absolute Gasteiger partial charge is 0.378 e. The maximum Gasteiger partial charge on any atom is 0.243 e. The summed E-state index contributed by atoms with van der Waals surface area (Å²) in [6.45, 7) is 6.51. The predicted octanol–water partition coefficient (Wildman–Crippen LogP) is 4.30. The summed E-state index contributed by atoms with van der Waals surface area (Å²) in [5.41, 5.74) is 0. The van der Waals surface area contributed by atoms with Crippen LogP contribution in [-0.2, 0) is 14.8 Å². The predicted molar refractivity (Wildman–Crippen MR) is 118 cm³/mol. The number of likely N-dealkylation sites (N-methyl/N-ethyl adjacent to an activating group) is 1. The van der Waals surface area contributed by atoms with Crippen molar-refractivity contribution in [2.75, 3.05) is 33.8 Å². The Bertz CT molecular complexity index is 701. The first-order valence-electron chi connectivity index (χ1n) is 9.99. The van der Waals surface area contributed by atoms with Crippen molar-refractivity contribution < 1.29 is 13.2 Å². The standard InChI is InChI=1S/C21H33BrN2O3S/c1-4-15-23(2)16-5-6-17-27-20-11-9-19(10-12-20)24(3)28(25,26)21-13-7-18(22)8-14-21/h4,7-8,13-14,19-20H,1,5-6,9-12,15-17H2,2-3H3/t19-,20-. The van der Waals surface area contributed by atoms with Gasteiger partial charge in [-0.2, -0.15) is 4.31 Å². The highest BCUT2D eigenvalue weighted by Gasteiger charge is 2.31. The molecule has 1 fully saturated rings. The fourth-order valence-electron chi connectivity index (χ4n) is 3.59. The van der Waals surface area contributed by atoms with Gasteiger partial charge >= 0.3 is 0 Å². The molecule has 2 rings (SSSR count). The molecule has 0 heterocycles. The number of halogens is 1. The summed E-state index contributed by atoms with van der Waals surface area (Å²) >= 11 is 3.35. The Labute approximate surface area is 178 Å². The molecule has 0 unspecified atom stereocenters. The molecular formula is C21H33BrN2O3S. The van der Waals surface area contributed by atoms with Crippen LogP contribution in [0.3, 0.4) is 0 Å². The van der Waals surface area contributed by atoms with Crippen LogP contribution in [0.25, 0.3) is 0 Å². The van der Waals surface area contributed by atoms with E-state index in [1.165, 1.54) is 0 Å². The van der Waals surface area contributed by atoms with E-state index in [9.17, 15) is 8.42 Å². The molecule has 0 radical (unpaired) electrons. The second kappa shape index (κ2) is 11.5. The third-order valence-corrected chi connectivity index (χ3v) is 7.83. The molecule has 0 amide bonds. The fraction of sp³-hybridized carbons (Fsp3) is 0.619. The number of rotatable bonds is 11. The highest BCUT2D eigenvalue weighted by atomic mass is 79.9. The molecule has 1 aromatic rings. The molecule has 0 spiro atoms. The third-order valence-electron chi connectivity index (χ3n) is 5.38. The van der Waals surface area contributed by atoms with E-state index in [-0.39, 0.29) is 12.1 Å². The highest BCUT2D eigenvalue weighted by molar-refractivity contribution is 9.10. The molecule has 1 aliphatic carbocycles. The van der Waals surface area contributed by atoms with E-state index >= 15 is 0 Å². The van der Waals surface area contributed by atoms with Gasteiger partial charge < -0.3 is 9.64 Å². The first-order chi connectivity index (χ1) is 13.3. The minimum atomic E-state index is -3.45. The van der Waals surface area contributed by atoms with Crippen LogP contribution in [-0.4, -0.2) is 63.6 Å². The van der Waals surface area contributed by atoms with Gasteiger partial charge in [0.2, 0.25) is 10.0 Å². The third kappa shape index (κ3) is 6.95. The van der Waals surface area contributed by atoms with Gasteiger partial charge in [0, 0.05) is 30.7 Å². The number of unbranched alkanes of at least 4 members (excludes halogenated alkanes) is 1. The van der Waals surface area contributed by atoms with Crippen molar-refractivity contribution in [1.29, 1.82) is 0 Å². The van der Waals surface area contributed by atoms with Gasteiger partial charge in [-0.05, 0) is 76.4 Å². The maximum atomic E-state index is 12.8. The zero-order chi connectivity index (χ0) is 20.6. The summed E-state index contributed by atoms with van der Waals surface area (Å²) in [4.78, 5) is 2.60. The number of benzene rings is 1. The van der Waals surface area contributed by atoms with Crippen molar-refractivity contribution in [3.8, 4) is 0 Å². The Kier molecular flexibility index (Phi) is 9.63. The van der Waals surface area contributed by atoms with Crippen molar-refractivity contribution in [3.05, 3.63) is 41.4 Å². The van der Waals surface area contributed by atoms with Gasteiger partial charge in [0.15, 0.2) is 0 Å². The number of nitrogens with zero attached hydrogens (tertiary/aromatic N) is 2. The van der Waals surface area contributed by atoms with Crippen molar-refractivity contribution in [2.24, 2.45) is 0 Å². The van der Waals surface area contributed by atoms with Crippen LogP contribution in [0.5, 0.6) is 0 Å². The van der Waals surface area contributed by atoms with Crippen LogP contribution in [0.4, 0.5) is 0 Å². The molecule has 1 saturated carbocycles. The van der Waals surface area contributed by atoms with Crippen molar-refractivity contribution in [2.45, 2.75) is 55.6 Å². The van der Waals surface area contributed by atoms with E-state index in [2.05, 4.69) is 34.5 Å². The highest BCUT2D eigenvalue weighted by Crippen LogP contribution is 2.28. The monoisotopic (exact) mass is 472 g/mol. The van der Waals surface area contributed by atoms with Crippen LogP contribution in [0, 0.1) is 0 Å². The van der Waals surface area contributed by atoms with Crippen LogP contribution in [0.15, 0.2) is 46.3 Å². The van der Waals surface area contributed by atoms with Crippen molar-refractivity contribution in [3.63, 3.8) is 0 Å². The lowest BCUT2D eigenvalue weighted by molar-refractivity contribution is 0.0153. The lowest BCUT2D eigenvalue weighted by Crippen LogP contribution is -2.40. The summed E-state index contributed by atoms with van der Waals surface area (Å²) in [6, 6.07) is 6.87. The molecule has 28 heavy (non-hydrogen) atoms. The fourth-order valence-corrected chi connectivity index (χ4v) is 5.27. The molecule has 0 atom stereocenters. The van der Waals surface area contributed by atoms with Crippen molar-refractivity contribution >= 4 is 26.0 Å². The van der Waals surface area contributed by atoms with Gasteiger partial charge in [0.25, 0.3) is 0 Å². The summed E-state index contributed by atoms with van der Waals surface area (Å²) in [7, 11) is 0.347. The van der Waals surface area contributed by atoms with Gasteiger partial charge in [0.1, 0.15) is 0 Å². The second-order valence-electron chi connectivity index (χ2n) is 7.53. The summed E-state index contributed by atoms with van der Waals surface area (Å²) < 4.78 is 34.1. The second-order valence-corrected chi connectivity index (χ2v) is 10.4. The maximum absolute atomic E-state index is 12.8. The minimum Gasteiger partial charge on any atom is -0.378 e. The molecule has 1 aliphatic rings. The van der Waals surface area contributed by atoms with Crippen LogP contribution in [0.2, 0.25) is 0 Å². The molecule has 1 aromatic carbocycles. The van der Waals surface area contributed by atoms with Crippen molar-refractivity contribution in [1.82, 2.24) is 9.21 Å². The number of hydrogen-bond acceptors (Lipinski definition) is 4. The first kappa shape index (κ1) is 23.5. The van der Waals surface area contributed by atoms with E-state index in [0.717, 1.165) is 62.7 Å². The average Bonchev–Trinajstić information content (AvgIpc) is 2.68. The number of sulfonamides is 1. The summed E-state index contributed by atoms with van der Waals surface area (Å²) in [5.74, 6) is 0. The van der Waals surface area contributed by atoms with Gasteiger partial charge in [-0.3, -0.25) is 0 Å². The van der Waals surface area contributed by atoms with E-state index in [0.29, 0.717) is 4.90 Å². The SMILES string of the molecule is C=CCN(C)CCCCO[C@H]1CC[C@H](N(C)S(=O)(=O)c2ccc(Br)cc2)CC1. The first-order valence-corrected chi connectivity index (χ1v) is 12.2. The topological polar surface area (TPSA) is 49.9 Å². The lowest BCUT2D eigenvalue weighted by Gasteiger charge is -2.34.